The van der Waals surface area contributed by atoms with Crippen molar-refractivity contribution in [2.75, 3.05) is 10.2 Å². The van der Waals surface area contributed by atoms with E-state index in [1.807, 2.05) is 0 Å². The number of halogens is 5. The van der Waals surface area contributed by atoms with Crippen LogP contribution in [0.5, 0.6) is 0 Å². The van der Waals surface area contributed by atoms with Gasteiger partial charge in [-0.05, 0) is 42.0 Å². The zero-order valence-electron chi connectivity index (χ0n) is 16.6. The lowest BCUT2D eigenvalue weighted by Gasteiger charge is -2.21. The van der Waals surface area contributed by atoms with E-state index in [0.717, 1.165) is 6.07 Å². The van der Waals surface area contributed by atoms with E-state index in [4.69, 9.17) is 11.6 Å². The van der Waals surface area contributed by atoms with Gasteiger partial charge in [0, 0.05) is 24.9 Å². The quantitative estimate of drug-likeness (QED) is 0.487. The van der Waals surface area contributed by atoms with Crippen molar-refractivity contribution >= 4 is 40.6 Å². The molecule has 166 valence electrons. The van der Waals surface area contributed by atoms with Crippen molar-refractivity contribution in [2.24, 2.45) is 0 Å². The van der Waals surface area contributed by atoms with Crippen LogP contribution in [-0.4, -0.2) is 16.8 Å². The number of nitrogens with zero attached hydrogens (tertiary/aromatic N) is 2. The first-order chi connectivity index (χ1) is 15.1. The number of alkyl halides is 3. The summed E-state index contributed by atoms with van der Waals surface area (Å²) < 4.78 is 52.3. The van der Waals surface area contributed by atoms with Gasteiger partial charge >= 0.3 is 6.18 Å². The monoisotopic (exact) mass is 465 g/mol. The van der Waals surface area contributed by atoms with Crippen LogP contribution >= 0.6 is 11.6 Å². The van der Waals surface area contributed by atoms with Gasteiger partial charge in [-0.15, -0.1) is 0 Å². The SMILES string of the molecule is CC(=O)N(c1ccc(F)cc1)c1cc(NC(=O)Cc2cccc(C(F)(F)F)c2Cl)ccn1. The topological polar surface area (TPSA) is 62.3 Å². The Morgan fingerprint density at radius 3 is 2.41 bits per heavy atom. The van der Waals surface area contributed by atoms with E-state index in [1.165, 1.54) is 66.6 Å². The fourth-order valence-electron chi connectivity index (χ4n) is 3.00. The Morgan fingerprint density at radius 1 is 1.09 bits per heavy atom. The Labute approximate surface area is 185 Å². The van der Waals surface area contributed by atoms with Crippen LogP contribution < -0.4 is 10.2 Å². The van der Waals surface area contributed by atoms with E-state index in [1.54, 1.807) is 0 Å². The molecule has 1 N–H and O–H groups in total. The van der Waals surface area contributed by atoms with Crippen molar-refractivity contribution in [3.05, 3.63) is 82.8 Å². The van der Waals surface area contributed by atoms with Crippen molar-refractivity contribution in [1.29, 1.82) is 0 Å². The second-order valence-corrected chi connectivity index (χ2v) is 7.11. The highest BCUT2D eigenvalue weighted by molar-refractivity contribution is 6.32. The molecule has 0 aliphatic carbocycles. The summed E-state index contributed by atoms with van der Waals surface area (Å²) in [5.74, 6) is -1.32. The van der Waals surface area contributed by atoms with Gasteiger partial charge < -0.3 is 5.32 Å². The van der Waals surface area contributed by atoms with Crippen LogP contribution in [0, 0.1) is 5.82 Å². The van der Waals surface area contributed by atoms with Crippen LogP contribution in [-0.2, 0) is 22.2 Å². The van der Waals surface area contributed by atoms with Gasteiger partial charge in [0.2, 0.25) is 11.8 Å². The third-order valence-electron chi connectivity index (χ3n) is 4.39. The molecular weight excluding hydrogens is 450 g/mol. The average Bonchev–Trinajstić information content (AvgIpc) is 2.70. The van der Waals surface area contributed by atoms with Gasteiger partial charge in [0.25, 0.3) is 0 Å². The molecule has 0 radical (unpaired) electrons. The van der Waals surface area contributed by atoms with Gasteiger partial charge in [-0.3, -0.25) is 14.5 Å². The number of rotatable bonds is 5. The molecule has 2 amide bonds. The Hall–Kier alpha value is -3.46. The zero-order valence-corrected chi connectivity index (χ0v) is 17.3. The third kappa shape index (κ3) is 5.42. The number of hydrogen-bond acceptors (Lipinski definition) is 3. The number of amides is 2. The fourth-order valence-corrected chi connectivity index (χ4v) is 3.30. The van der Waals surface area contributed by atoms with E-state index in [-0.39, 0.29) is 17.1 Å². The minimum absolute atomic E-state index is 0.0185. The van der Waals surface area contributed by atoms with Crippen molar-refractivity contribution in [3.63, 3.8) is 0 Å². The molecule has 0 unspecified atom stereocenters. The maximum absolute atomic E-state index is 13.2. The van der Waals surface area contributed by atoms with Crippen molar-refractivity contribution in [3.8, 4) is 0 Å². The molecule has 3 rings (SSSR count). The molecule has 0 spiro atoms. The number of carbonyl (C=O) groups is 2. The molecular formula is C22H16ClF4N3O2. The lowest BCUT2D eigenvalue weighted by molar-refractivity contribution is -0.137. The van der Waals surface area contributed by atoms with Crippen LogP contribution in [0.4, 0.5) is 34.8 Å². The summed E-state index contributed by atoms with van der Waals surface area (Å²) in [6.07, 6.45) is -3.68. The molecule has 0 saturated carbocycles. The van der Waals surface area contributed by atoms with Gasteiger partial charge in [0.05, 0.1) is 22.7 Å². The molecule has 0 atom stereocenters. The summed E-state index contributed by atoms with van der Waals surface area (Å²) in [4.78, 5) is 29.9. The van der Waals surface area contributed by atoms with Gasteiger partial charge in [0.15, 0.2) is 0 Å². The molecule has 3 aromatic rings. The smallest absolute Gasteiger partial charge is 0.326 e. The Morgan fingerprint density at radius 2 is 1.78 bits per heavy atom. The molecule has 10 heteroatoms. The number of nitrogens with one attached hydrogen (secondary N) is 1. The molecule has 0 aliphatic rings. The highest BCUT2D eigenvalue weighted by Crippen LogP contribution is 2.36. The maximum atomic E-state index is 13.2. The largest absolute Gasteiger partial charge is 0.417 e. The Kier molecular flexibility index (Phi) is 6.78. The molecule has 0 fully saturated rings. The van der Waals surface area contributed by atoms with E-state index >= 15 is 0 Å². The number of carbonyl (C=O) groups excluding carboxylic acids is 2. The normalized spacial score (nSPS) is 11.2. The van der Waals surface area contributed by atoms with Crippen LogP contribution in [0.15, 0.2) is 60.8 Å². The molecule has 2 aromatic carbocycles. The maximum Gasteiger partial charge on any atom is 0.417 e. The van der Waals surface area contributed by atoms with Crippen LogP contribution in [0.3, 0.4) is 0 Å². The number of benzene rings is 2. The number of aromatic nitrogens is 1. The average molecular weight is 466 g/mol. The van der Waals surface area contributed by atoms with Crippen LogP contribution in [0.2, 0.25) is 5.02 Å². The fraction of sp³-hybridized carbons (Fsp3) is 0.136. The van der Waals surface area contributed by atoms with E-state index in [2.05, 4.69) is 10.3 Å². The summed E-state index contributed by atoms with van der Waals surface area (Å²) in [6.45, 7) is 1.30. The minimum Gasteiger partial charge on any atom is -0.326 e. The highest BCUT2D eigenvalue weighted by atomic mass is 35.5. The first-order valence-electron chi connectivity index (χ1n) is 9.23. The molecule has 1 heterocycles. The summed E-state index contributed by atoms with van der Waals surface area (Å²) in [5, 5.41) is 2.02. The van der Waals surface area contributed by atoms with E-state index in [0.29, 0.717) is 5.69 Å². The summed E-state index contributed by atoms with van der Waals surface area (Å²) in [5.41, 5.74) is -0.376. The van der Waals surface area contributed by atoms with Gasteiger partial charge in [-0.25, -0.2) is 9.37 Å². The number of anilines is 3. The second kappa shape index (κ2) is 9.35. The van der Waals surface area contributed by atoms with E-state index in [9.17, 15) is 27.2 Å². The third-order valence-corrected chi connectivity index (χ3v) is 4.84. The molecule has 32 heavy (non-hydrogen) atoms. The van der Waals surface area contributed by atoms with Crippen LogP contribution in [0.25, 0.3) is 0 Å². The first-order valence-corrected chi connectivity index (χ1v) is 9.61. The van der Waals surface area contributed by atoms with Crippen molar-refractivity contribution in [1.82, 2.24) is 4.98 Å². The van der Waals surface area contributed by atoms with Crippen molar-refractivity contribution < 1.29 is 27.2 Å². The Balaban J connectivity index is 1.81. The minimum atomic E-state index is -4.64. The number of hydrogen-bond donors (Lipinski definition) is 1. The molecule has 1 aromatic heterocycles. The number of pyridine rings is 1. The summed E-state index contributed by atoms with van der Waals surface area (Å²) in [6, 6.07) is 11.4. The van der Waals surface area contributed by atoms with Gasteiger partial charge in [0.1, 0.15) is 11.6 Å². The van der Waals surface area contributed by atoms with Crippen molar-refractivity contribution in [2.45, 2.75) is 19.5 Å². The van der Waals surface area contributed by atoms with Gasteiger partial charge in [-0.1, -0.05) is 23.7 Å². The molecule has 5 nitrogen and oxygen atoms in total. The summed E-state index contributed by atoms with van der Waals surface area (Å²) in [7, 11) is 0. The highest BCUT2D eigenvalue weighted by Gasteiger charge is 2.34. The zero-order chi connectivity index (χ0) is 23.5. The summed E-state index contributed by atoms with van der Waals surface area (Å²) >= 11 is 5.84. The lowest BCUT2D eigenvalue weighted by Crippen LogP contribution is -2.24. The molecule has 0 aliphatic heterocycles. The van der Waals surface area contributed by atoms with Gasteiger partial charge in [-0.2, -0.15) is 13.2 Å². The first kappa shape index (κ1) is 23.2. The predicted octanol–water partition coefficient (Wildman–Crippen LogP) is 5.76. The van der Waals surface area contributed by atoms with E-state index < -0.39 is 40.8 Å². The Bertz CT molecular complexity index is 1150. The predicted molar refractivity (Wildman–Crippen MR) is 112 cm³/mol. The molecule has 0 saturated heterocycles. The second-order valence-electron chi connectivity index (χ2n) is 6.73. The lowest BCUT2D eigenvalue weighted by atomic mass is 10.1. The molecule has 0 bridgehead atoms. The van der Waals surface area contributed by atoms with Crippen LogP contribution in [0.1, 0.15) is 18.1 Å². The standard InChI is InChI=1S/C22H16ClF4N3O2/c1-13(31)30(17-7-5-15(24)6-8-17)19-12-16(9-10-28-19)29-20(32)11-14-3-2-4-18(21(14)23)22(25,26)27/h2-10,12H,11H2,1H3,(H,28,29,32).